The standard InChI is InChI=1S/C20H21ClN4O2S/c1-25(11-17(26)22-13-8-6-12(21)7-9-13)10-16-23-19(27)18-14-4-2-3-5-15(14)28-20(18)24-16/h6-9H,2-5,10-11H2,1H3,(H,22,26)(H,23,24,27)/p+1. The summed E-state index contributed by atoms with van der Waals surface area (Å²) in [6.07, 6.45) is 4.33. The van der Waals surface area contributed by atoms with Gasteiger partial charge in [-0.3, -0.25) is 9.59 Å². The third-order valence-electron chi connectivity index (χ3n) is 4.93. The van der Waals surface area contributed by atoms with Gasteiger partial charge in [0.15, 0.2) is 12.4 Å². The molecule has 0 bridgehead atoms. The van der Waals surface area contributed by atoms with Crippen molar-refractivity contribution in [1.82, 2.24) is 9.97 Å². The molecule has 1 atom stereocenters. The van der Waals surface area contributed by atoms with E-state index in [0.29, 0.717) is 23.1 Å². The molecule has 1 aromatic carbocycles. The second-order valence-electron chi connectivity index (χ2n) is 7.27. The number of nitrogens with one attached hydrogen (secondary N) is 3. The molecular formula is C20H22ClN4O2S+. The molecule has 1 aliphatic rings. The molecule has 28 heavy (non-hydrogen) atoms. The Balaban J connectivity index is 1.44. The topological polar surface area (TPSA) is 79.3 Å². The van der Waals surface area contributed by atoms with Crippen LogP contribution in [0, 0.1) is 0 Å². The summed E-state index contributed by atoms with van der Waals surface area (Å²) in [6.45, 7) is 0.743. The lowest BCUT2D eigenvalue weighted by atomic mass is 9.97. The number of amides is 1. The molecule has 1 aliphatic carbocycles. The Bertz CT molecular complexity index is 1070. The number of nitrogens with zero attached hydrogens (tertiary/aromatic N) is 1. The van der Waals surface area contributed by atoms with Crippen LogP contribution >= 0.6 is 22.9 Å². The molecule has 1 amide bonds. The lowest BCUT2D eigenvalue weighted by molar-refractivity contribution is -0.885. The Labute approximate surface area is 171 Å². The molecule has 3 N–H and O–H groups in total. The highest BCUT2D eigenvalue weighted by molar-refractivity contribution is 7.18. The highest BCUT2D eigenvalue weighted by Crippen LogP contribution is 2.33. The van der Waals surface area contributed by atoms with Crippen molar-refractivity contribution < 1.29 is 9.69 Å². The van der Waals surface area contributed by atoms with Crippen molar-refractivity contribution in [3.63, 3.8) is 0 Å². The van der Waals surface area contributed by atoms with E-state index in [9.17, 15) is 9.59 Å². The molecule has 0 fully saturated rings. The number of H-pyrrole nitrogens is 1. The highest BCUT2D eigenvalue weighted by atomic mass is 35.5. The van der Waals surface area contributed by atoms with Crippen LogP contribution < -0.4 is 15.8 Å². The van der Waals surface area contributed by atoms with Crippen LogP contribution in [0.3, 0.4) is 0 Å². The van der Waals surface area contributed by atoms with E-state index in [1.807, 2.05) is 7.05 Å². The van der Waals surface area contributed by atoms with Gasteiger partial charge < -0.3 is 15.2 Å². The number of rotatable bonds is 5. The zero-order valence-corrected chi connectivity index (χ0v) is 17.2. The molecule has 3 aromatic rings. The molecule has 0 saturated carbocycles. The van der Waals surface area contributed by atoms with Crippen LogP contribution in [0.15, 0.2) is 29.1 Å². The van der Waals surface area contributed by atoms with Crippen molar-refractivity contribution in [2.75, 3.05) is 18.9 Å². The van der Waals surface area contributed by atoms with Gasteiger partial charge >= 0.3 is 0 Å². The van der Waals surface area contributed by atoms with E-state index in [2.05, 4.69) is 15.3 Å². The fourth-order valence-corrected chi connectivity index (χ4v) is 5.06. The van der Waals surface area contributed by atoms with Gasteiger partial charge in [0, 0.05) is 15.6 Å². The van der Waals surface area contributed by atoms with Crippen LogP contribution in [0.5, 0.6) is 0 Å². The minimum absolute atomic E-state index is 0.0576. The van der Waals surface area contributed by atoms with Crippen molar-refractivity contribution in [2.45, 2.75) is 32.2 Å². The predicted molar refractivity (Wildman–Crippen MR) is 112 cm³/mol. The summed E-state index contributed by atoms with van der Waals surface area (Å²) in [5, 5.41) is 4.24. The predicted octanol–water partition coefficient (Wildman–Crippen LogP) is 2.17. The van der Waals surface area contributed by atoms with Crippen molar-refractivity contribution in [3.8, 4) is 0 Å². The number of likely N-dealkylation sites (N-methyl/N-ethyl adjacent to an activating group) is 1. The number of halogens is 1. The van der Waals surface area contributed by atoms with Crippen molar-refractivity contribution in [2.24, 2.45) is 0 Å². The maximum atomic E-state index is 12.6. The molecule has 1 unspecified atom stereocenters. The van der Waals surface area contributed by atoms with Crippen LogP contribution in [0.4, 0.5) is 5.69 Å². The minimum atomic E-state index is -0.102. The number of aromatic amines is 1. The number of carbonyl (C=O) groups is 1. The zero-order valence-electron chi connectivity index (χ0n) is 15.6. The van der Waals surface area contributed by atoms with E-state index >= 15 is 0 Å². The van der Waals surface area contributed by atoms with Gasteiger partial charge in [-0.2, -0.15) is 0 Å². The highest BCUT2D eigenvalue weighted by Gasteiger charge is 2.20. The fourth-order valence-electron chi connectivity index (χ4n) is 3.65. The summed E-state index contributed by atoms with van der Waals surface area (Å²) in [4.78, 5) is 35.5. The molecule has 2 aromatic heterocycles. The summed E-state index contributed by atoms with van der Waals surface area (Å²) in [5.41, 5.74) is 1.84. The molecule has 0 spiro atoms. The van der Waals surface area contributed by atoms with Crippen molar-refractivity contribution in [1.29, 1.82) is 0 Å². The number of quaternary nitrogens is 1. The lowest BCUT2D eigenvalue weighted by Gasteiger charge is -2.13. The maximum Gasteiger partial charge on any atom is 0.279 e. The number of fused-ring (bicyclic) bond motifs is 3. The van der Waals surface area contributed by atoms with Gasteiger partial charge in [0.2, 0.25) is 0 Å². The number of thiophene rings is 1. The van der Waals surface area contributed by atoms with E-state index in [1.165, 1.54) is 16.9 Å². The number of benzene rings is 1. The molecule has 4 rings (SSSR count). The largest absolute Gasteiger partial charge is 0.323 e. The molecule has 6 nitrogen and oxygen atoms in total. The zero-order chi connectivity index (χ0) is 19.7. The van der Waals surface area contributed by atoms with Crippen LogP contribution in [0.2, 0.25) is 5.02 Å². The molecule has 0 saturated heterocycles. The van der Waals surface area contributed by atoms with Gasteiger partial charge in [-0.25, -0.2) is 4.98 Å². The van der Waals surface area contributed by atoms with E-state index in [0.717, 1.165) is 34.4 Å². The van der Waals surface area contributed by atoms with E-state index in [-0.39, 0.29) is 18.0 Å². The Hall–Kier alpha value is -2.22. The normalized spacial score (nSPS) is 14.6. The van der Waals surface area contributed by atoms with Crippen LogP contribution in [-0.4, -0.2) is 29.5 Å². The minimum Gasteiger partial charge on any atom is -0.323 e. The Morgan fingerprint density at radius 3 is 2.82 bits per heavy atom. The molecule has 8 heteroatoms. The maximum absolute atomic E-state index is 12.6. The van der Waals surface area contributed by atoms with Gasteiger partial charge in [0.25, 0.3) is 11.5 Å². The van der Waals surface area contributed by atoms with Gasteiger partial charge in [0.05, 0.1) is 12.4 Å². The Kier molecular flexibility index (Phi) is 5.48. The Morgan fingerprint density at radius 1 is 1.29 bits per heavy atom. The summed E-state index contributed by atoms with van der Waals surface area (Å²) < 4.78 is 0. The third kappa shape index (κ3) is 4.11. The van der Waals surface area contributed by atoms with Gasteiger partial charge in [-0.1, -0.05) is 11.6 Å². The summed E-state index contributed by atoms with van der Waals surface area (Å²) in [5.74, 6) is 0.516. The summed E-state index contributed by atoms with van der Waals surface area (Å²) in [7, 11) is 1.91. The molecule has 146 valence electrons. The molecule has 2 heterocycles. The van der Waals surface area contributed by atoms with E-state index in [4.69, 9.17) is 11.6 Å². The van der Waals surface area contributed by atoms with E-state index in [1.54, 1.807) is 35.6 Å². The third-order valence-corrected chi connectivity index (χ3v) is 6.37. The number of aromatic nitrogens is 2. The van der Waals surface area contributed by atoms with Crippen LogP contribution in [-0.2, 0) is 24.2 Å². The van der Waals surface area contributed by atoms with Gasteiger partial charge in [0.1, 0.15) is 11.4 Å². The summed E-state index contributed by atoms with van der Waals surface area (Å²) in [6, 6.07) is 7.00. The SMILES string of the molecule is C[NH+](CC(=O)Nc1ccc(Cl)cc1)Cc1nc2sc3c(c2c(=O)[nH]1)CCCC3. The first-order valence-electron chi connectivity index (χ1n) is 9.40. The first kappa shape index (κ1) is 19.1. The number of aryl methyl sites for hydroxylation is 2. The van der Waals surface area contributed by atoms with Crippen LogP contribution in [0.1, 0.15) is 29.1 Å². The number of carbonyl (C=O) groups excluding carboxylic acids is 1. The number of anilines is 1. The van der Waals surface area contributed by atoms with Crippen LogP contribution in [0.25, 0.3) is 10.2 Å². The van der Waals surface area contributed by atoms with Gasteiger partial charge in [-0.05, 0) is 55.5 Å². The lowest BCUT2D eigenvalue weighted by Crippen LogP contribution is -3.08. The second-order valence-corrected chi connectivity index (χ2v) is 8.79. The second kappa shape index (κ2) is 8.03. The smallest absolute Gasteiger partial charge is 0.279 e. The quantitative estimate of drug-likeness (QED) is 0.595. The first-order valence-corrected chi connectivity index (χ1v) is 10.6. The molecule has 0 radical (unpaired) electrons. The van der Waals surface area contributed by atoms with Crippen molar-refractivity contribution >= 4 is 44.7 Å². The van der Waals surface area contributed by atoms with Crippen molar-refractivity contribution in [3.05, 3.63) is 55.9 Å². The fraction of sp³-hybridized carbons (Fsp3) is 0.350. The molecule has 0 aliphatic heterocycles. The van der Waals surface area contributed by atoms with E-state index < -0.39 is 0 Å². The average molecular weight is 418 g/mol. The average Bonchev–Trinajstić information content (AvgIpc) is 3.02. The molecular weight excluding hydrogens is 396 g/mol. The Morgan fingerprint density at radius 2 is 2.04 bits per heavy atom. The monoisotopic (exact) mass is 417 g/mol. The van der Waals surface area contributed by atoms with Gasteiger partial charge in [-0.15, -0.1) is 11.3 Å². The number of hydrogen-bond acceptors (Lipinski definition) is 4. The number of hydrogen-bond donors (Lipinski definition) is 3. The first-order chi connectivity index (χ1) is 13.5. The summed E-state index contributed by atoms with van der Waals surface area (Å²) >= 11 is 7.50.